The maximum atomic E-state index is 5.77. The number of nitrogens with two attached hydrogens (primary N) is 1. The highest BCUT2D eigenvalue weighted by atomic mass is 15.2. The third kappa shape index (κ3) is 2.46. The molecule has 88 valence electrons. The lowest BCUT2D eigenvalue weighted by molar-refractivity contribution is 0.545. The van der Waals surface area contributed by atoms with Gasteiger partial charge in [-0.1, -0.05) is 12.8 Å². The van der Waals surface area contributed by atoms with Gasteiger partial charge in [0.25, 0.3) is 0 Å². The molecule has 2 N–H and O–H groups in total. The number of nitrogens with zero attached hydrogens (tertiary/aromatic N) is 2. The third-order valence-electron chi connectivity index (χ3n) is 3.53. The van der Waals surface area contributed by atoms with Crippen LogP contribution in [0.1, 0.15) is 31.2 Å². The molecule has 1 heterocycles. The number of pyridine rings is 1. The van der Waals surface area contributed by atoms with Crippen molar-refractivity contribution in [1.82, 2.24) is 4.98 Å². The number of aryl methyl sites for hydroxylation is 1. The van der Waals surface area contributed by atoms with Gasteiger partial charge < -0.3 is 10.6 Å². The monoisotopic (exact) mass is 219 g/mol. The molecule has 1 aliphatic carbocycles. The van der Waals surface area contributed by atoms with Crippen molar-refractivity contribution in [2.45, 2.75) is 32.6 Å². The Morgan fingerprint density at radius 3 is 2.75 bits per heavy atom. The predicted molar refractivity (Wildman–Crippen MR) is 68.6 cm³/mol. The molecule has 1 aromatic rings. The molecule has 0 amide bonds. The van der Waals surface area contributed by atoms with Crippen molar-refractivity contribution in [3.05, 3.63) is 17.8 Å². The number of hydrogen-bond acceptors (Lipinski definition) is 3. The predicted octanol–water partition coefficient (Wildman–Crippen LogP) is 2.60. The van der Waals surface area contributed by atoms with Crippen LogP contribution in [0, 0.1) is 12.8 Å². The van der Waals surface area contributed by atoms with E-state index >= 15 is 0 Å². The molecule has 3 nitrogen and oxygen atoms in total. The molecule has 1 aromatic heterocycles. The molecule has 1 saturated carbocycles. The van der Waals surface area contributed by atoms with E-state index in [1.54, 1.807) is 6.20 Å². The Labute approximate surface area is 97.7 Å². The van der Waals surface area contributed by atoms with Gasteiger partial charge in [0.15, 0.2) is 0 Å². The summed E-state index contributed by atoms with van der Waals surface area (Å²) in [7, 11) is 2.12. The van der Waals surface area contributed by atoms with Crippen LogP contribution < -0.4 is 10.6 Å². The van der Waals surface area contributed by atoms with Gasteiger partial charge in [-0.05, 0) is 37.3 Å². The van der Waals surface area contributed by atoms with Crippen LogP contribution in [0.5, 0.6) is 0 Å². The first-order valence-corrected chi connectivity index (χ1v) is 6.10. The molecule has 0 aliphatic heterocycles. The van der Waals surface area contributed by atoms with Crippen molar-refractivity contribution in [1.29, 1.82) is 0 Å². The highest BCUT2D eigenvalue weighted by molar-refractivity contribution is 5.51. The number of aromatic nitrogens is 1. The summed E-state index contributed by atoms with van der Waals surface area (Å²) in [5.41, 5.74) is 7.66. The molecule has 0 atom stereocenters. The molecule has 0 spiro atoms. The molecular weight excluding hydrogens is 198 g/mol. The van der Waals surface area contributed by atoms with Crippen LogP contribution in [0.15, 0.2) is 12.3 Å². The number of anilines is 2. The standard InChI is InChI=1S/C13H21N3/c1-10-7-13(15-8-12(10)14)16(2)9-11-5-3-4-6-11/h7-8,11H,3-6,9,14H2,1-2H3. The van der Waals surface area contributed by atoms with E-state index in [1.165, 1.54) is 25.7 Å². The quantitative estimate of drug-likeness (QED) is 0.849. The average molecular weight is 219 g/mol. The minimum Gasteiger partial charge on any atom is -0.397 e. The van der Waals surface area contributed by atoms with Crippen molar-refractivity contribution >= 4 is 11.5 Å². The lowest BCUT2D eigenvalue weighted by Gasteiger charge is -2.22. The minimum atomic E-state index is 0.776. The Morgan fingerprint density at radius 1 is 1.44 bits per heavy atom. The molecule has 0 saturated heterocycles. The van der Waals surface area contributed by atoms with Crippen LogP contribution in [0.2, 0.25) is 0 Å². The zero-order valence-electron chi connectivity index (χ0n) is 10.2. The third-order valence-corrected chi connectivity index (χ3v) is 3.53. The van der Waals surface area contributed by atoms with E-state index in [-0.39, 0.29) is 0 Å². The molecule has 2 rings (SSSR count). The fourth-order valence-electron chi connectivity index (χ4n) is 2.43. The summed E-state index contributed by atoms with van der Waals surface area (Å²) in [6.45, 7) is 3.15. The molecule has 1 fully saturated rings. The summed E-state index contributed by atoms with van der Waals surface area (Å²) in [5.74, 6) is 1.89. The van der Waals surface area contributed by atoms with Gasteiger partial charge in [0.1, 0.15) is 5.82 Å². The Bertz CT molecular complexity index is 356. The first-order chi connectivity index (χ1) is 7.66. The highest BCUT2D eigenvalue weighted by Crippen LogP contribution is 2.26. The Balaban J connectivity index is 2.02. The summed E-state index contributed by atoms with van der Waals surface area (Å²) in [5, 5.41) is 0. The fraction of sp³-hybridized carbons (Fsp3) is 0.615. The van der Waals surface area contributed by atoms with Crippen LogP contribution >= 0.6 is 0 Å². The van der Waals surface area contributed by atoms with Crippen LogP contribution in [-0.2, 0) is 0 Å². The van der Waals surface area contributed by atoms with Crippen molar-refractivity contribution in [3.8, 4) is 0 Å². The van der Waals surface area contributed by atoms with Gasteiger partial charge in [-0.25, -0.2) is 4.98 Å². The Morgan fingerprint density at radius 2 is 2.12 bits per heavy atom. The fourth-order valence-corrected chi connectivity index (χ4v) is 2.43. The van der Waals surface area contributed by atoms with E-state index in [4.69, 9.17) is 5.73 Å². The second kappa shape index (κ2) is 4.73. The van der Waals surface area contributed by atoms with Gasteiger partial charge in [-0.3, -0.25) is 0 Å². The maximum Gasteiger partial charge on any atom is 0.128 e. The van der Waals surface area contributed by atoms with Gasteiger partial charge in [0.05, 0.1) is 11.9 Å². The Hall–Kier alpha value is -1.25. The van der Waals surface area contributed by atoms with E-state index in [9.17, 15) is 0 Å². The first-order valence-electron chi connectivity index (χ1n) is 6.10. The maximum absolute atomic E-state index is 5.77. The summed E-state index contributed by atoms with van der Waals surface area (Å²) in [4.78, 5) is 6.63. The summed E-state index contributed by atoms with van der Waals surface area (Å²) in [6.07, 6.45) is 7.30. The molecule has 0 radical (unpaired) electrons. The lowest BCUT2D eigenvalue weighted by Crippen LogP contribution is -2.24. The first kappa shape index (κ1) is 11.2. The number of rotatable bonds is 3. The van der Waals surface area contributed by atoms with Gasteiger partial charge in [0, 0.05) is 13.6 Å². The van der Waals surface area contributed by atoms with Gasteiger partial charge in [0.2, 0.25) is 0 Å². The van der Waals surface area contributed by atoms with Crippen molar-refractivity contribution in [3.63, 3.8) is 0 Å². The zero-order chi connectivity index (χ0) is 11.5. The normalized spacial score (nSPS) is 16.6. The summed E-state index contributed by atoms with van der Waals surface area (Å²) >= 11 is 0. The molecule has 0 aromatic carbocycles. The van der Waals surface area contributed by atoms with Crippen LogP contribution in [0.3, 0.4) is 0 Å². The smallest absolute Gasteiger partial charge is 0.128 e. The van der Waals surface area contributed by atoms with Crippen molar-refractivity contribution < 1.29 is 0 Å². The summed E-state index contributed by atoms with van der Waals surface area (Å²) < 4.78 is 0. The van der Waals surface area contributed by atoms with Crippen LogP contribution in [0.4, 0.5) is 11.5 Å². The Kier molecular flexibility index (Phi) is 3.32. The van der Waals surface area contributed by atoms with Gasteiger partial charge >= 0.3 is 0 Å². The van der Waals surface area contributed by atoms with Crippen LogP contribution in [0.25, 0.3) is 0 Å². The van der Waals surface area contributed by atoms with E-state index in [0.717, 1.165) is 29.5 Å². The SMILES string of the molecule is Cc1cc(N(C)CC2CCCC2)ncc1N. The molecular formula is C13H21N3. The second-order valence-electron chi connectivity index (χ2n) is 4.93. The minimum absolute atomic E-state index is 0.776. The topological polar surface area (TPSA) is 42.2 Å². The molecule has 0 bridgehead atoms. The van der Waals surface area contributed by atoms with Gasteiger partial charge in [-0.2, -0.15) is 0 Å². The lowest BCUT2D eigenvalue weighted by atomic mass is 10.1. The van der Waals surface area contributed by atoms with Crippen molar-refractivity contribution in [2.75, 3.05) is 24.2 Å². The average Bonchev–Trinajstić information content (AvgIpc) is 2.74. The van der Waals surface area contributed by atoms with Crippen molar-refractivity contribution in [2.24, 2.45) is 5.92 Å². The van der Waals surface area contributed by atoms with E-state index in [2.05, 4.69) is 23.0 Å². The molecule has 1 aliphatic rings. The zero-order valence-corrected chi connectivity index (χ0v) is 10.2. The molecule has 0 unspecified atom stereocenters. The highest BCUT2D eigenvalue weighted by Gasteiger charge is 2.17. The van der Waals surface area contributed by atoms with Crippen LogP contribution in [-0.4, -0.2) is 18.6 Å². The van der Waals surface area contributed by atoms with E-state index in [0.29, 0.717) is 0 Å². The summed E-state index contributed by atoms with van der Waals surface area (Å²) in [6, 6.07) is 2.07. The molecule has 3 heteroatoms. The van der Waals surface area contributed by atoms with Gasteiger partial charge in [-0.15, -0.1) is 0 Å². The molecule has 16 heavy (non-hydrogen) atoms. The largest absolute Gasteiger partial charge is 0.397 e. The number of hydrogen-bond donors (Lipinski definition) is 1. The second-order valence-corrected chi connectivity index (χ2v) is 4.93. The van der Waals surface area contributed by atoms with E-state index in [1.807, 2.05) is 6.92 Å². The van der Waals surface area contributed by atoms with E-state index < -0.39 is 0 Å². The number of nitrogen functional groups attached to an aromatic ring is 1.